The lowest BCUT2D eigenvalue weighted by atomic mass is 10.2. The number of hydrogen-bond donors (Lipinski definition) is 0. The lowest BCUT2D eigenvalue weighted by Crippen LogP contribution is -2.28. The summed E-state index contributed by atoms with van der Waals surface area (Å²) >= 11 is 0. The molecule has 5 nitrogen and oxygen atoms in total. The van der Waals surface area contributed by atoms with Crippen LogP contribution in [0, 0.1) is 0 Å². The van der Waals surface area contributed by atoms with Gasteiger partial charge >= 0.3 is 21.8 Å². The summed E-state index contributed by atoms with van der Waals surface area (Å²) in [5.41, 5.74) is -6.10. The predicted molar refractivity (Wildman–Crippen MR) is 60.1 cm³/mol. The maximum Gasteiger partial charge on any atom is 0.534 e. The zero-order valence-corrected chi connectivity index (χ0v) is 10.9. The molecule has 0 amide bonds. The molecular weight excluding hydrogens is 342 g/mol. The molecule has 1 heterocycles. The molecular formula is C10H4F6N2O3S. The molecule has 0 radical (unpaired) electrons. The first-order valence-electron chi connectivity index (χ1n) is 5.25. The summed E-state index contributed by atoms with van der Waals surface area (Å²) in [4.78, 5) is 6.05. The Labute approximate surface area is 118 Å². The Morgan fingerprint density at radius 3 is 2.23 bits per heavy atom. The van der Waals surface area contributed by atoms with Gasteiger partial charge in [-0.25, -0.2) is 9.97 Å². The summed E-state index contributed by atoms with van der Waals surface area (Å²) in [5, 5.41) is -0.414. The van der Waals surface area contributed by atoms with Crippen LogP contribution in [-0.4, -0.2) is 23.9 Å². The monoisotopic (exact) mass is 346 g/mol. The standard InChI is InChI=1S/C10H4F6N2O3S/c11-9(12,13)8-17-4-5-6(18-8)2-1-3-7(5)21-22(19,20)10(14,15)16/h1-4H. The van der Waals surface area contributed by atoms with Gasteiger partial charge in [0.25, 0.3) is 0 Å². The highest BCUT2D eigenvalue weighted by molar-refractivity contribution is 7.88. The molecule has 2 rings (SSSR count). The zero-order valence-electron chi connectivity index (χ0n) is 10.1. The molecule has 0 fully saturated rings. The first-order chi connectivity index (χ1) is 9.92. The van der Waals surface area contributed by atoms with Crippen LogP contribution in [0.25, 0.3) is 10.9 Å². The molecule has 0 N–H and O–H groups in total. The smallest absolute Gasteiger partial charge is 0.375 e. The third-order valence-corrected chi connectivity index (χ3v) is 3.29. The Balaban J connectivity index is 2.54. The average molecular weight is 346 g/mol. The van der Waals surface area contributed by atoms with Crippen LogP contribution in [0.15, 0.2) is 24.4 Å². The van der Waals surface area contributed by atoms with Crippen LogP contribution < -0.4 is 4.18 Å². The Kier molecular flexibility index (Phi) is 3.67. The number of hydrogen-bond acceptors (Lipinski definition) is 5. The molecule has 12 heteroatoms. The molecule has 0 saturated heterocycles. The second-order valence-corrected chi connectivity index (χ2v) is 5.40. The summed E-state index contributed by atoms with van der Waals surface area (Å²) < 4.78 is 99.8. The van der Waals surface area contributed by atoms with Crippen LogP contribution in [0.1, 0.15) is 5.82 Å². The van der Waals surface area contributed by atoms with Gasteiger partial charge < -0.3 is 4.18 Å². The van der Waals surface area contributed by atoms with Gasteiger partial charge in [-0.1, -0.05) is 6.07 Å². The third kappa shape index (κ3) is 3.05. The summed E-state index contributed by atoms with van der Waals surface area (Å²) in [6.45, 7) is 0. The van der Waals surface area contributed by atoms with Crippen molar-refractivity contribution in [3.05, 3.63) is 30.2 Å². The van der Waals surface area contributed by atoms with Crippen molar-refractivity contribution in [2.45, 2.75) is 11.7 Å². The molecule has 0 aliphatic carbocycles. The van der Waals surface area contributed by atoms with Crippen molar-refractivity contribution in [1.29, 1.82) is 0 Å². The zero-order chi connectivity index (χ0) is 16.8. The molecule has 0 unspecified atom stereocenters. The molecule has 0 aliphatic rings. The molecule has 22 heavy (non-hydrogen) atoms. The van der Waals surface area contributed by atoms with E-state index < -0.39 is 44.3 Å². The van der Waals surface area contributed by atoms with E-state index in [1.807, 2.05) is 0 Å². The molecule has 0 spiro atoms. The number of alkyl halides is 6. The molecule has 0 atom stereocenters. The average Bonchev–Trinajstić information content (AvgIpc) is 2.35. The maximum absolute atomic E-state index is 12.4. The molecule has 0 aliphatic heterocycles. The SMILES string of the molecule is O=S(=O)(Oc1cccc2nc(C(F)(F)F)ncc12)C(F)(F)F. The van der Waals surface area contributed by atoms with Gasteiger partial charge in [0.2, 0.25) is 5.82 Å². The number of fused-ring (bicyclic) bond motifs is 1. The van der Waals surface area contributed by atoms with E-state index in [0.29, 0.717) is 6.20 Å². The first kappa shape index (κ1) is 16.3. The van der Waals surface area contributed by atoms with Crippen LogP contribution in [0.4, 0.5) is 26.3 Å². The predicted octanol–water partition coefficient (Wildman–Crippen LogP) is 2.88. The van der Waals surface area contributed by atoms with Crippen molar-refractivity contribution < 1.29 is 38.9 Å². The summed E-state index contributed by atoms with van der Waals surface area (Å²) in [6.07, 6.45) is -4.32. The van der Waals surface area contributed by atoms with Crippen molar-refractivity contribution in [2.75, 3.05) is 0 Å². The van der Waals surface area contributed by atoms with Crippen molar-refractivity contribution in [2.24, 2.45) is 0 Å². The fraction of sp³-hybridized carbons (Fsp3) is 0.200. The number of aromatic nitrogens is 2. The van der Waals surface area contributed by atoms with Crippen molar-refractivity contribution in [1.82, 2.24) is 9.97 Å². The topological polar surface area (TPSA) is 69.2 Å². The van der Waals surface area contributed by atoms with Crippen molar-refractivity contribution in [3.8, 4) is 5.75 Å². The second kappa shape index (κ2) is 4.97. The minimum atomic E-state index is -5.96. The fourth-order valence-corrected chi connectivity index (χ4v) is 1.88. The lowest BCUT2D eigenvalue weighted by Gasteiger charge is -2.11. The van der Waals surface area contributed by atoms with Crippen LogP contribution in [-0.2, 0) is 16.3 Å². The van der Waals surface area contributed by atoms with Crippen LogP contribution in [0.2, 0.25) is 0 Å². The summed E-state index contributed by atoms with van der Waals surface area (Å²) in [7, 11) is -5.96. The largest absolute Gasteiger partial charge is 0.534 e. The summed E-state index contributed by atoms with van der Waals surface area (Å²) in [5.74, 6) is -2.35. The minimum absolute atomic E-state index is 0.414. The van der Waals surface area contributed by atoms with E-state index in [-0.39, 0.29) is 0 Å². The fourth-order valence-electron chi connectivity index (χ4n) is 1.40. The molecule has 2 aromatic rings. The number of nitrogens with zero attached hydrogens (tertiary/aromatic N) is 2. The quantitative estimate of drug-likeness (QED) is 0.475. The number of rotatable bonds is 2. The van der Waals surface area contributed by atoms with E-state index in [1.54, 1.807) is 0 Å². The van der Waals surface area contributed by atoms with Gasteiger partial charge in [0, 0.05) is 6.20 Å². The highest BCUT2D eigenvalue weighted by Crippen LogP contribution is 2.32. The minimum Gasteiger partial charge on any atom is -0.375 e. The van der Waals surface area contributed by atoms with Gasteiger partial charge in [-0.3, -0.25) is 0 Å². The summed E-state index contributed by atoms with van der Waals surface area (Å²) in [6, 6.07) is 2.87. The highest BCUT2D eigenvalue weighted by Gasteiger charge is 2.48. The second-order valence-electron chi connectivity index (χ2n) is 3.86. The number of benzene rings is 1. The van der Waals surface area contributed by atoms with E-state index in [9.17, 15) is 34.8 Å². The van der Waals surface area contributed by atoms with E-state index in [4.69, 9.17) is 0 Å². The Bertz CT molecular complexity index is 816. The molecule has 0 saturated carbocycles. The maximum atomic E-state index is 12.4. The van der Waals surface area contributed by atoms with Gasteiger partial charge in [-0.2, -0.15) is 34.8 Å². The van der Waals surface area contributed by atoms with Gasteiger partial charge in [-0.15, -0.1) is 0 Å². The van der Waals surface area contributed by atoms with Gasteiger partial charge in [-0.05, 0) is 12.1 Å². The lowest BCUT2D eigenvalue weighted by molar-refractivity contribution is -0.144. The van der Waals surface area contributed by atoms with E-state index in [2.05, 4.69) is 14.2 Å². The molecule has 1 aromatic heterocycles. The third-order valence-electron chi connectivity index (χ3n) is 2.32. The number of halogens is 6. The van der Waals surface area contributed by atoms with E-state index >= 15 is 0 Å². The molecule has 120 valence electrons. The van der Waals surface area contributed by atoms with Gasteiger partial charge in [0.1, 0.15) is 0 Å². The van der Waals surface area contributed by atoms with E-state index in [1.165, 1.54) is 0 Å². The Hall–Kier alpha value is -2.11. The van der Waals surface area contributed by atoms with Crippen LogP contribution in [0.3, 0.4) is 0 Å². The molecule has 1 aromatic carbocycles. The first-order valence-corrected chi connectivity index (χ1v) is 6.66. The normalized spacial score (nSPS) is 13.4. The van der Waals surface area contributed by atoms with Crippen molar-refractivity contribution >= 4 is 21.0 Å². The molecule has 0 bridgehead atoms. The highest BCUT2D eigenvalue weighted by atomic mass is 32.2. The van der Waals surface area contributed by atoms with Crippen LogP contribution in [0.5, 0.6) is 5.75 Å². The van der Waals surface area contributed by atoms with Crippen LogP contribution >= 0.6 is 0 Å². The Morgan fingerprint density at radius 1 is 1.05 bits per heavy atom. The van der Waals surface area contributed by atoms with Gasteiger partial charge in [0.05, 0.1) is 10.9 Å². The van der Waals surface area contributed by atoms with E-state index in [0.717, 1.165) is 18.2 Å². The van der Waals surface area contributed by atoms with Gasteiger partial charge in [0.15, 0.2) is 5.75 Å². The van der Waals surface area contributed by atoms with Crippen molar-refractivity contribution in [3.63, 3.8) is 0 Å². The Morgan fingerprint density at radius 2 is 1.68 bits per heavy atom.